The van der Waals surface area contributed by atoms with E-state index in [9.17, 15) is 9.90 Å². The van der Waals surface area contributed by atoms with E-state index in [0.29, 0.717) is 14.2 Å². The Morgan fingerprint density at radius 2 is 1.78 bits per heavy atom. The van der Waals surface area contributed by atoms with E-state index in [1.54, 1.807) is 42.5 Å². The van der Waals surface area contributed by atoms with Crippen molar-refractivity contribution in [2.24, 2.45) is 0 Å². The van der Waals surface area contributed by atoms with Crippen molar-refractivity contribution in [1.82, 2.24) is 0 Å². The lowest BCUT2D eigenvalue weighted by Gasteiger charge is -2.00. The summed E-state index contributed by atoms with van der Waals surface area (Å²) in [5, 5.41) is 9.84. The molecule has 18 heavy (non-hydrogen) atoms. The van der Waals surface area contributed by atoms with Gasteiger partial charge in [0, 0.05) is 9.90 Å². The first kappa shape index (κ1) is 13.1. The van der Waals surface area contributed by atoms with Crippen LogP contribution in [-0.4, -0.2) is 11.1 Å². The highest BCUT2D eigenvalue weighted by Gasteiger charge is 2.12. The van der Waals surface area contributed by atoms with Crippen molar-refractivity contribution in [2.45, 2.75) is 0 Å². The molecule has 0 saturated carbocycles. The van der Waals surface area contributed by atoms with Crippen LogP contribution >= 0.6 is 34.5 Å². The third kappa shape index (κ3) is 3.13. The van der Waals surface area contributed by atoms with Gasteiger partial charge in [-0.05, 0) is 35.9 Å². The van der Waals surface area contributed by atoms with Gasteiger partial charge >= 0.3 is 5.97 Å². The average molecular weight is 299 g/mol. The Labute approximate surface area is 118 Å². The van der Waals surface area contributed by atoms with E-state index in [0.717, 1.165) is 5.56 Å². The monoisotopic (exact) mass is 298 g/mol. The maximum atomic E-state index is 11.2. The second-order valence-corrected chi connectivity index (χ2v) is 5.67. The number of benzene rings is 1. The molecule has 2 rings (SSSR count). The molecule has 0 aliphatic rings. The van der Waals surface area contributed by atoms with Crippen LogP contribution in [0.1, 0.15) is 10.4 Å². The van der Waals surface area contributed by atoms with Crippen LogP contribution in [0.25, 0.3) is 11.6 Å². The number of thiophene rings is 1. The molecule has 1 aromatic heterocycles. The van der Waals surface area contributed by atoms with Crippen LogP contribution in [0, 0.1) is 0 Å². The second kappa shape index (κ2) is 5.57. The molecule has 1 heterocycles. The van der Waals surface area contributed by atoms with E-state index < -0.39 is 5.97 Å². The fraction of sp³-hybridized carbons (Fsp3) is 0. The van der Waals surface area contributed by atoms with Gasteiger partial charge in [0.2, 0.25) is 0 Å². The summed E-state index contributed by atoms with van der Waals surface area (Å²) in [5.41, 5.74) is 0.996. The van der Waals surface area contributed by atoms with Crippen LogP contribution in [0.5, 0.6) is 0 Å². The topological polar surface area (TPSA) is 37.3 Å². The zero-order valence-electron chi connectivity index (χ0n) is 9.06. The zero-order valence-corrected chi connectivity index (χ0v) is 11.4. The third-order valence-electron chi connectivity index (χ3n) is 2.25. The number of rotatable bonds is 3. The van der Waals surface area contributed by atoms with Crippen molar-refractivity contribution < 1.29 is 9.90 Å². The smallest absolute Gasteiger partial charge is 0.337 e. The number of aliphatic carboxylic acids is 1. The summed E-state index contributed by atoms with van der Waals surface area (Å²) in [4.78, 5) is 11.9. The molecule has 0 fully saturated rings. The zero-order chi connectivity index (χ0) is 13.1. The van der Waals surface area contributed by atoms with Gasteiger partial charge in [-0.25, -0.2) is 4.79 Å². The fourth-order valence-corrected chi connectivity index (χ4v) is 2.60. The Hall–Kier alpha value is -1.29. The molecule has 0 amide bonds. The van der Waals surface area contributed by atoms with Gasteiger partial charge in [-0.1, -0.05) is 35.3 Å². The van der Waals surface area contributed by atoms with Crippen molar-refractivity contribution in [3.8, 4) is 0 Å². The number of carboxylic acid groups (broad SMARTS) is 1. The van der Waals surface area contributed by atoms with Gasteiger partial charge in [0.25, 0.3) is 0 Å². The summed E-state index contributed by atoms with van der Waals surface area (Å²) >= 11 is 12.8. The molecule has 0 radical (unpaired) electrons. The van der Waals surface area contributed by atoms with Crippen LogP contribution in [0.4, 0.5) is 0 Å². The summed E-state index contributed by atoms with van der Waals surface area (Å²) in [6, 6.07) is 10.3. The number of hydrogen-bond acceptors (Lipinski definition) is 2. The highest BCUT2D eigenvalue weighted by molar-refractivity contribution is 7.17. The standard InChI is InChI=1S/C13H8Cl2O2S/c14-9-3-1-8(2-4-9)7-10(13(16)17)11-5-6-12(15)18-11/h1-7H,(H,16,17)/b10-7-. The molecule has 0 aliphatic heterocycles. The van der Waals surface area contributed by atoms with Crippen molar-refractivity contribution in [3.63, 3.8) is 0 Å². The first-order valence-corrected chi connectivity index (χ1v) is 6.60. The third-order valence-corrected chi connectivity index (χ3v) is 3.77. The largest absolute Gasteiger partial charge is 0.478 e. The van der Waals surface area contributed by atoms with E-state index in [1.807, 2.05) is 0 Å². The van der Waals surface area contributed by atoms with E-state index in [4.69, 9.17) is 23.2 Å². The van der Waals surface area contributed by atoms with Crippen molar-refractivity contribution in [3.05, 3.63) is 56.2 Å². The Morgan fingerprint density at radius 3 is 2.28 bits per heavy atom. The van der Waals surface area contributed by atoms with E-state index in [2.05, 4.69) is 0 Å². The van der Waals surface area contributed by atoms with Gasteiger partial charge < -0.3 is 5.11 Å². The molecule has 0 spiro atoms. The predicted octanol–water partition coefficient (Wildman–Crippen LogP) is 4.68. The Kier molecular flexibility index (Phi) is 4.07. The minimum Gasteiger partial charge on any atom is -0.478 e. The molecule has 0 aliphatic carbocycles. The maximum Gasteiger partial charge on any atom is 0.337 e. The lowest BCUT2D eigenvalue weighted by atomic mass is 10.1. The molecule has 0 saturated heterocycles. The van der Waals surface area contributed by atoms with Gasteiger partial charge in [0.1, 0.15) is 0 Å². The maximum absolute atomic E-state index is 11.2. The van der Waals surface area contributed by atoms with Crippen molar-refractivity contribution >= 4 is 52.2 Å². The lowest BCUT2D eigenvalue weighted by molar-refractivity contribution is -0.130. The SMILES string of the molecule is O=C(O)/C(=C\c1ccc(Cl)cc1)c1ccc(Cl)s1. The lowest BCUT2D eigenvalue weighted by Crippen LogP contribution is -1.97. The molecule has 5 heteroatoms. The number of carbonyl (C=O) groups is 1. The minimum absolute atomic E-state index is 0.217. The number of hydrogen-bond donors (Lipinski definition) is 1. The normalized spacial score (nSPS) is 11.6. The second-order valence-electron chi connectivity index (χ2n) is 3.52. The highest BCUT2D eigenvalue weighted by Crippen LogP contribution is 2.29. The quantitative estimate of drug-likeness (QED) is 0.835. The van der Waals surface area contributed by atoms with Crippen molar-refractivity contribution in [1.29, 1.82) is 0 Å². The van der Waals surface area contributed by atoms with Gasteiger partial charge in [0.05, 0.1) is 9.91 Å². The van der Waals surface area contributed by atoms with E-state index in [-0.39, 0.29) is 5.57 Å². The average Bonchev–Trinajstić information content (AvgIpc) is 2.74. The summed E-state index contributed by atoms with van der Waals surface area (Å²) < 4.78 is 0.563. The van der Waals surface area contributed by atoms with Crippen molar-refractivity contribution in [2.75, 3.05) is 0 Å². The molecule has 0 atom stereocenters. The van der Waals surface area contributed by atoms with Gasteiger partial charge in [-0.3, -0.25) is 0 Å². The Bertz CT molecular complexity index is 600. The fourth-order valence-electron chi connectivity index (χ4n) is 1.42. The van der Waals surface area contributed by atoms with E-state index >= 15 is 0 Å². The first-order valence-electron chi connectivity index (χ1n) is 5.02. The number of halogens is 2. The van der Waals surface area contributed by atoms with Crippen LogP contribution in [0.3, 0.4) is 0 Å². The number of carboxylic acids is 1. The molecule has 0 bridgehead atoms. The molecule has 1 aromatic carbocycles. The molecule has 2 nitrogen and oxygen atoms in total. The Balaban J connectivity index is 2.42. The molecule has 2 aromatic rings. The summed E-state index contributed by atoms with van der Waals surface area (Å²) in [6.07, 6.45) is 1.60. The molecular formula is C13H8Cl2O2S. The molecular weight excluding hydrogens is 291 g/mol. The van der Waals surface area contributed by atoms with Gasteiger partial charge in [0.15, 0.2) is 0 Å². The van der Waals surface area contributed by atoms with Gasteiger partial charge in [-0.15, -0.1) is 11.3 Å². The van der Waals surface area contributed by atoms with Crippen LogP contribution in [0.15, 0.2) is 36.4 Å². The highest BCUT2D eigenvalue weighted by atomic mass is 35.5. The van der Waals surface area contributed by atoms with E-state index in [1.165, 1.54) is 11.3 Å². The van der Waals surface area contributed by atoms with Crippen LogP contribution in [-0.2, 0) is 4.79 Å². The minimum atomic E-state index is -0.983. The molecule has 0 unspecified atom stereocenters. The first-order chi connectivity index (χ1) is 8.56. The molecule has 1 N–H and O–H groups in total. The summed E-state index contributed by atoms with van der Waals surface area (Å²) in [7, 11) is 0. The Morgan fingerprint density at radius 1 is 1.11 bits per heavy atom. The summed E-state index contributed by atoms with van der Waals surface area (Å²) in [6.45, 7) is 0. The summed E-state index contributed by atoms with van der Waals surface area (Å²) in [5.74, 6) is -0.983. The molecule has 92 valence electrons. The van der Waals surface area contributed by atoms with Crippen LogP contribution < -0.4 is 0 Å². The van der Waals surface area contributed by atoms with Crippen LogP contribution in [0.2, 0.25) is 9.36 Å². The predicted molar refractivity (Wildman–Crippen MR) is 76.3 cm³/mol. The van der Waals surface area contributed by atoms with Gasteiger partial charge in [-0.2, -0.15) is 0 Å².